The normalized spacial score (nSPS) is 26.0. The quantitative estimate of drug-likeness (QED) is 0.651. The van der Waals surface area contributed by atoms with E-state index >= 15 is 0 Å². The van der Waals surface area contributed by atoms with Crippen LogP contribution >= 0.6 is 0 Å². The Balaban J connectivity index is 1.75. The minimum absolute atomic E-state index is 0.186. The molecular weight excluding hydrogens is 312 g/mol. The molecule has 0 aliphatic carbocycles. The third kappa shape index (κ3) is 4.46. The maximum Gasteiger partial charge on any atom is 0.191 e. The molecule has 138 valence electrons. The summed E-state index contributed by atoms with van der Waals surface area (Å²) in [5.41, 5.74) is 1.03. The summed E-state index contributed by atoms with van der Waals surface area (Å²) < 4.78 is 6.14. The van der Waals surface area contributed by atoms with Crippen LogP contribution in [0.2, 0.25) is 0 Å². The highest BCUT2D eigenvalue weighted by Gasteiger charge is 2.34. The van der Waals surface area contributed by atoms with Gasteiger partial charge in [0.25, 0.3) is 0 Å². The highest BCUT2D eigenvalue weighted by Crippen LogP contribution is 2.39. The lowest BCUT2D eigenvalue weighted by Crippen LogP contribution is -2.45. The summed E-state index contributed by atoms with van der Waals surface area (Å²) in [6.07, 6.45) is 3.44. The highest BCUT2D eigenvalue weighted by atomic mass is 16.5. The van der Waals surface area contributed by atoms with Gasteiger partial charge < -0.3 is 20.3 Å². The fourth-order valence-corrected chi connectivity index (χ4v) is 3.82. The van der Waals surface area contributed by atoms with Gasteiger partial charge in [-0.2, -0.15) is 0 Å². The third-order valence-corrected chi connectivity index (χ3v) is 5.16. The number of benzene rings is 1. The Bertz CT molecular complexity index is 613. The predicted octanol–water partition coefficient (Wildman–Crippen LogP) is 2.94. The SMILES string of the molecule is CCNC(=NCC1CCCN1C)NC1CC(C)(C)Oc2ccccc21. The molecule has 5 heteroatoms. The number of likely N-dealkylation sites (N-methyl/N-ethyl adjacent to an activating group) is 1. The molecule has 0 amide bonds. The number of nitrogens with zero attached hydrogens (tertiary/aromatic N) is 2. The van der Waals surface area contributed by atoms with E-state index in [-0.39, 0.29) is 11.6 Å². The number of fused-ring (bicyclic) bond motifs is 1. The van der Waals surface area contributed by atoms with Crippen molar-refractivity contribution in [2.45, 2.75) is 57.7 Å². The molecule has 0 bridgehead atoms. The van der Waals surface area contributed by atoms with Gasteiger partial charge in [0.2, 0.25) is 0 Å². The molecule has 2 atom stereocenters. The van der Waals surface area contributed by atoms with Crippen molar-refractivity contribution in [2.75, 3.05) is 26.7 Å². The molecule has 2 unspecified atom stereocenters. The Morgan fingerprint density at radius 2 is 2.16 bits per heavy atom. The van der Waals surface area contributed by atoms with Gasteiger partial charge in [-0.3, -0.25) is 4.99 Å². The van der Waals surface area contributed by atoms with Crippen LogP contribution in [0.1, 0.15) is 51.6 Å². The molecule has 0 aromatic heterocycles. The van der Waals surface area contributed by atoms with Crippen LogP contribution in [0.3, 0.4) is 0 Å². The monoisotopic (exact) mass is 344 g/mol. The van der Waals surface area contributed by atoms with Crippen molar-refractivity contribution in [3.63, 3.8) is 0 Å². The number of rotatable bonds is 4. The van der Waals surface area contributed by atoms with Crippen LogP contribution in [0.25, 0.3) is 0 Å². The number of ether oxygens (including phenoxy) is 1. The van der Waals surface area contributed by atoms with Gasteiger partial charge in [-0.05, 0) is 53.3 Å². The lowest BCUT2D eigenvalue weighted by atomic mass is 9.90. The number of guanidine groups is 1. The molecule has 2 aliphatic rings. The average molecular weight is 345 g/mol. The first-order chi connectivity index (χ1) is 12.0. The Hall–Kier alpha value is -1.75. The maximum atomic E-state index is 6.14. The number of para-hydroxylation sites is 1. The number of hydrogen-bond donors (Lipinski definition) is 2. The number of nitrogens with one attached hydrogen (secondary N) is 2. The third-order valence-electron chi connectivity index (χ3n) is 5.16. The van der Waals surface area contributed by atoms with Gasteiger partial charge in [0.05, 0.1) is 12.6 Å². The minimum atomic E-state index is -0.186. The molecule has 2 aliphatic heterocycles. The summed E-state index contributed by atoms with van der Waals surface area (Å²) in [4.78, 5) is 7.29. The van der Waals surface area contributed by atoms with E-state index in [1.807, 2.05) is 6.07 Å². The minimum Gasteiger partial charge on any atom is -0.487 e. The first-order valence-corrected chi connectivity index (χ1v) is 9.51. The Kier molecular flexibility index (Phi) is 5.52. The maximum absolute atomic E-state index is 6.14. The summed E-state index contributed by atoms with van der Waals surface area (Å²) in [7, 11) is 2.20. The molecule has 0 radical (unpaired) electrons. The zero-order chi connectivity index (χ0) is 17.9. The van der Waals surface area contributed by atoms with Crippen LogP contribution in [0, 0.1) is 0 Å². The van der Waals surface area contributed by atoms with Gasteiger partial charge in [-0.1, -0.05) is 18.2 Å². The Morgan fingerprint density at radius 3 is 2.88 bits per heavy atom. The Labute approximate surface area is 151 Å². The smallest absolute Gasteiger partial charge is 0.191 e. The van der Waals surface area contributed by atoms with Gasteiger partial charge in [0.1, 0.15) is 11.4 Å². The van der Waals surface area contributed by atoms with Crippen LogP contribution in [-0.4, -0.2) is 49.2 Å². The van der Waals surface area contributed by atoms with E-state index in [2.05, 4.69) is 61.6 Å². The first-order valence-electron chi connectivity index (χ1n) is 9.51. The highest BCUT2D eigenvalue weighted by molar-refractivity contribution is 5.80. The van der Waals surface area contributed by atoms with Gasteiger partial charge in [0, 0.05) is 24.6 Å². The van der Waals surface area contributed by atoms with Crippen LogP contribution in [0.5, 0.6) is 5.75 Å². The van der Waals surface area contributed by atoms with Gasteiger partial charge in [0.15, 0.2) is 5.96 Å². The van der Waals surface area contributed by atoms with E-state index in [1.54, 1.807) is 0 Å². The molecule has 1 saturated heterocycles. The molecule has 1 aromatic carbocycles. The van der Waals surface area contributed by atoms with E-state index in [4.69, 9.17) is 9.73 Å². The molecule has 0 spiro atoms. The number of likely N-dealkylation sites (tertiary alicyclic amines) is 1. The van der Waals surface area contributed by atoms with E-state index in [0.717, 1.165) is 31.2 Å². The lowest BCUT2D eigenvalue weighted by molar-refractivity contribution is 0.0694. The van der Waals surface area contributed by atoms with Gasteiger partial charge >= 0.3 is 0 Å². The van der Waals surface area contributed by atoms with E-state index in [1.165, 1.54) is 24.9 Å². The molecule has 0 saturated carbocycles. The van der Waals surface area contributed by atoms with Crippen molar-refractivity contribution in [3.05, 3.63) is 29.8 Å². The second-order valence-corrected chi connectivity index (χ2v) is 7.80. The molecule has 1 fully saturated rings. The van der Waals surface area contributed by atoms with Gasteiger partial charge in [-0.15, -0.1) is 0 Å². The van der Waals surface area contributed by atoms with Crippen LogP contribution in [-0.2, 0) is 0 Å². The molecule has 2 heterocycles. The number of aliphatic imine (C=N–C) groups is 1. The summed E-state index contributed by atoms with van der Waals surface area (Å²) in [5, 5.41) is 7.05. The fourth-order valence-electron chi connectivity index (χ4n) is 3.82. The summed E-state index contributed by atoms with van der Waals surface area (Å²) in [6.45, 7) is 9.30. The zero-order valence-electron chi connectivity index (χ0n) is 16.0. The summed E-state index contributed by atoms with van der Waals surface area (Å²) >= 11 is 0. The van der Waals surface area contributed by atoms with Crippen molar-refractivity contribution in [2.24, 2.45) is 4.99 Å². The zero-order valence-corrected chi connectivity index (χ0v) is 16.0. The second-order valence-electron chi connectivity index (χ2n) is 7.80. The van der Waals surface area contributed by atoms with E-state index in [0.29, 0.717) is 6.04 Å². The average Bonchev–Trinajstić information content (AvgIpc) is 2.97. The Morgan fingerprint density at radius 1 is 1.36 bits per heavy atom. The van der Waals surface area contributed by atoms with Crippen molar-refractivity contribution in [1.29, 1.82) is 0 Å². The van der Waals surface area contributed by atoms with Crippen LogP contribution < -0.4 is 15.4 Å². The van der Waals surface area contributed by atoms with Crippen LogP contribution in [0.4, 0.5) is 0 Å². The first kappa shape index (κ1) is 18.1. The molecule has 1 aromatic rings. The molecule has 2 N–H and O–H groups in total. The molecular formula is C20H32N4O. The van der Waals surface area contributed by atoms with Crippen LogP contribution in [0.15, 0.2) is 29.3 Å². The topological polar surface area (TPSA) is 48.9 Å². The standard InChI is InChI=1S/C20H32N4O/c1-5-21-19(22-14-15-9-8-12-24(15)4)23-17-13-20(2,3)25-18-11-7-6-10-16(17)18/h6-7,10-11,15,17H,5,8-9,12-14H2,1-4H3,(H2,21,22,23). The summed E-state index contributed by atoms with van der Waals surface area (Å²) in [5.74, 6) is 1.88. The van der Waals surface area contributed by atoms with Crippen molar-refractivity contribution < 1.29 is 4.74 Å². The second kappa shape index (κ2) is 7.65. The fraction of sp³-hybridized carbons (Fsp3) is 0.650. The number of hydrogen-bond acceptors (Lipinski definition) is 3. The lowest BCUT2D eigenvalue weighted by Gasteiger charge is -2.38. The van der Waals surface area contributed by atoms with Crippen molar-refractivity contribution in [1.82, 2.24) is 15.5 Å². The van der Waals surface area contributed by atoms with Crippen molar-refractivity contribution >= 4 is 5.96 Å². The molecule has 3 rings (SSSR count). The van der Waals surface area contributed by atoms with E-state index in [9.17, 15) is 0 Å². The van der Waals surface area contributed by atoms with E-state index < -0.39 is 0 Å². The predicted molar refractivity (Wildman–Crippen MR) is 103 cm³/mol. The summed E-state index contributed by atoms with van der Waals surface area (Å²) in [6, 6.07) is 9.09. The largest absolute Gasteiger partial charge is 0.487 e. The molecule has 25 heavy (non-hydrogen) atoms. The van der Waals surface area contributed by atoms with Crippen molar-refractivity contribution in [3.8, 4) is 5.75 Å². The molecule has 5 nitrogen and oxygen atoms in total. The van der Waals surface area contributed by atoms with Gasteiger partial charge in [-0.25, -0.2) is 0 Å².